The summed E-state index contributed by atoms with van der Waals surface area (Å²) in [7, 11) is 0. The lowest BCUT2D eigenvalue weighted by Gasteiger charge is -2.40. The quantitative estimate of drug-likeness (QED) is 0.0690. The van der Waals surface area contributed by atoms with Crippen molar-refractivity contribution in [2.45, 2.75) is 85.2 Å². The van der Waals surface area contributed by atoms with E-state index < -0.39 is 0 Å². The van der Waals surface area contributed by atoms with Crippen molar-refractivity contribution in [2.24, 2.45) is 61.6 Å². The molecule has 0 radical (unpaired) electrons. The molecule has 1 fully saturated rings. The zero-order valence-electron chi connectivity index (χ0n) is 28.1. The van der Waals surface area contributed by atoms with Crippen LogP contribution in [0.4, 0.5) is 5.69 Å². The molecular weight excluding hydrogens is 568 g/mol. The lowest BCUT2D eigenvalue weighted by molar-refractivity contribution is 0.0445. The second-order valence-electron chi connectivity index (χ2n) is 13.4. The van der Waals surface area contributed by atoms with Crippen molar-refractivity contribution in [1.29, 1.82) is 0 Å². The first kappa shape index (κ1) is 35.8. The Hall–Kier alpha value is -3.70. The van der Waals surface area contributed by atoms with E-state index in [2.05, 4.69) is 53.2 Å². The zero-order chi connectivity index (χ0) is 32.9. The Morgan fingerprint density at radius 1 is 1.00 bits per heavy atom. The van der Waals surface area contributed by atoms with Crippen LogP contribution in [-0.4, -0.2) is 74.1 Å². The summed E-state index contributed by atoms with van der Waals surface area (Å²) in [6.07, 6.45) is 5.60. The van der Waals surface area contributed by atoms with E-state index in [1.54, 1.807) is 0 Å². The smallest absolute Gasteiger partial charge is 0.338 e. The predicted molar refractivity (Wildman–Crippen MR) is 185 cm³/mol. The second-order valence-corrected chi connectivity index (χ2v) is 13.4. The van der Waals surface area contributed by atoms with Crippen LogP contribution in [0, 0.1) is 23.7 Å². The molecule has 3 unspecified atom stereocenters. The number of guanidine groups is 3. The molecular formula is C33H58N10O2. The van der Waals surface area contributed by atoms with Gasteiger partial charge in [0.25, 0.3) is 0 Å². The van der Waals surface area contributed by atoms with Gasteiger partial charge in [-0.05, 0) is 80.0 Å². The number of carbonyl (C=O) groups is 1. The number of fused-ring (bicyclic) bond motifs is 3. The molecule has 0 amide bonds. The van der Waals surface area contributed by atoms with Gasteiger partial charge in [-0.15, -0.1) is 0 Å². The maximum Gasteiger partial charge on any atom is 0.338 e. The van der Waals surface area contributed by atoms with E-state index in [0.717, 1.165) is 62.9 Å². The molecule has 0 aromatic heterocycles. The number of hydrogen-bond donors (Lipinski definition) is 6. The normalized spacial score (nSPS) is 20.4. The van der Waals surface area contributed by atoms with Gasteiger partial charge in [-0.2, -0.15) is 0 Å². The van der Waals surface area contributed by atoms with E-state index in [1.165, 1.54) is 0 Å². The van der Waals surface area contributed by atoms with E-state index in [0.29, 0.717) is 61.5 Å². The minimum atomic E-state index is -0.342. The van der Waals surface area contributed by atoms with Gasteiger partial charge in [0, 0.05) is 50.4 Å². The highest BCUT2D eigenvalue weighted by Gasteiger charge is 2.44. The van der Waals surface area contributed by atoms with Gasteiger partial charge in [0.1, 0.15) is 0 Å². The molecule has 2 aliphatic rings. The third-order valence-electron chi connectivity index (χ3n) is 8.58. The number of esters is 1. The average Bonchev–Trinajstić information content (AvgIpc) is 3.43. The van der Waals surface area contributed by atoms with Crippen molar-refractivity contribution in [3.05, 3.63) is 29.3 Å². The Bertz CT molecular complexity index is 1180. The van der Waals surface area contributed by atoms with Crippen molar-refractivity contribution >= 4 is 29.5 Å². The van der Waals surface area contributed by atoms with Crippen LogP contribution < -0.4 is 33.6 Å². The summed E-state index contributed by atoms with van der Waals surface area (Å²) in [6, 6.07) is 6.06. The van der Waals surface area contributed by atoms with Crippen molar-refractivity contribution in [3.63, 3.8) is 0 Å². The highest BCUT2D eigenvalue weighted by molar-refractivity contribution is 5.90. The van der Waals surface area contributed by atoms with Crippen molar-refractivity contribution in [1.82, 2.24) is 10.2 Å². The number of hydrogen-bond acceptors (Lipinski definition) is 6. The first-order valence-electron chi connectivity index (χ1n) is 16.7. The summed E-state index contributed by atoms with van der Waals surface area (Å²) in [5.41, 5.74) is 26.1. The summed E-state index contributed by atoms with van der Waals surface area (Å²) in [6.45, 7) is 14.6. The number of nitrogens with zero attached hydrogens (tertiary/aromatic N) is 4. The number of ether oxygens (including phenoxy) is 1. The van der Waals surface area contributed by atoms with Crippen LogP contribution in [0.1, 0.15) is 95.1 Å². The average molecular weight is 627 g/mol. The number of carbonyl (C=O) groups excluding carboxylic acids is 1. The van der Waals surface area contributed by atoms with E-state index in [9.17, 15) is 4.79 Å². The topological polar surface area (TPSA) is 195 Å². The molecule has 0 bridgehead atoms. The third kappa shape index (κ3) is 11.3. The van der Waals surface area contributed by atoms with Gasteiger partial charge in [0.05, 0.1) is 18.2 Å². The number of aliphatic imine (C=N–C) groups is 3. The number of benzene rings is 1. The molecule has 1 saturated heterocycles. The van der Waals surface area contributed by atoms with Gasteiger partial charge in [0.2, 0.25) is 0 Å². The van der Waals surface area contributed by atoms with Crippen molar-refractivity contribution in [2.75, 3.05) is 44.6 Å². The molecule has 2 heterocycles. The fraction of sp³-hybridized carbons (Fsp3) is 0.697. The van der Waals surface area contributed by atoms with Crippen LogP contribution in [-0.2, 0) is 4.74 Å². The molecule has 0 aliphatic carbocycles. The SMILES string of the molecule is CC(C)CCN=C(N)N1CCC2C1c1cc(C(=O)OCC(C)CCN=C(N)N)ccc1N[C@H]2CCCN=C(N)NCCC(C)C. The van der Waals surface area contributed by atoms with Gasteiger partial charge in [-0.25, -0.2) is 4.79 Å². The Morgan fingerprint density at radius 3 is 2.44 bits per heavy atom. The first-order valence-corrected chi connectivity index (χ1v) is 16.7. The molecule has 4 atom stereocenters. The minimum absolute atomic E-state index is 0.0200. The van der Waals surface area contributed by atoms with E-state index >= 15 is 0 Å². The summed E-state index contributed by atoms with van der Waals surface area (Å²) in [5, 5.41) is 6.99. The molecule has 12 nitrogen and oxygen atoms in total. The van der Waals surface area contributed by atoms with Crippen molar-refractivity contribution in [3.8, 4) is 0 Å². The molecule has 0 spiro atoms. The third-order valence-corrected chi connectivity index (χ3v) is 8.58. The Balaban J connectivity index is 1.73. The molecule has 1 aromatic carbocycles. The molecule has 252 valence electrons. The molecule has 12 heteroatoms. The van der Waals surface area contributed by atoms with Gasteiger partial charge in [0.15, 0.2) is 17.9 Å². The van der Waals surface area contributed by atoms with Gasteiger partial charge >= 0.3 is 5.97 Å². The van der Waals surface area contributed by atoms with Gasteiger partial charge < -0.3 is 43.2 Å². The number of anilines is 1. The molecule has 2 aliphatic heterocycles. The van der Waals surface area contributed by atoms with E-state index in [-0.39, 0.29) is 29.9 Å². The van der Waals surface area contributed by atoms with E-state index in [1.807, 2.05) is 25.1 Å². The van der Waals surface area contributed by atoms with Crippen molar-refractivity contribution < 1.29 is 9.53 Å². The molecule has 10 N–H and O–H groups in total. The van der Waals surface area contributed by atoms with Crippen LogP contribution in [0.15, 0.2) is 33.2 Å². The minimum Gasteiger partial charge on any atom is -0.462 e. The maximum atomic E-state index is 13.1. The lowest BCUT2D eigenvalue weighted by atomic mass is 9.80. The zero-order valence-corrected chi connectivity index (χ0v) is 28.1. The Kier molecular flexibility index (Phi) is 14.1. The fourth-order valence-electron chi connectivity index (χ4n) is 5.93. The largest absolute Gasteiger partial charge is 0.462 e. The maximum absolute atomic E-state index is 13.1. The Morgan fingerprint density at radius 2 is 1.73 bits per heavy atom. The second kappa shape index (κ2) is 17.7. The van der Waals surface area contributed by atoms with Gasteiger partial charge in [-0.3, -0.25) is 15.0 Å². The molecule has 45 heavy (non-hydrogen) atoms. The molecule has 1 aromatic rings. The highest BCUT2D eigenvalue weighted by Crippen LogP contribution is 2.47. The van der Waals surface area contributed by atoms with Gasteiger partial charge in [-0.1, -0.05) is 34.6 Å². The summed E-state index contributed by atoms with van der Waals surface area (Å²) >= 11 is 0. The molecule has 0 saturated carbocycles. The first-order chi connectivity index (χ1) is 21.5. The summed E-state index contributed by atoms with van der Waals surface area (Å²) in [4.78, 5) is 28.7. The highest BCUT2D eigenvalue weighted by atomic mass is 16.5. The van der Waals surface area contributed by atoms with Crippen LogP contribution in [0.2, 0.25) is 0 Å². The Labute approximate surface area is 269 Å². The van der Waals surface area contributed by atoms with Crippen LogP contribution in [0.3, 0.4) is 0 Å². The predicted octanol–water partition coefficient (Wildman–Crippen LogP) is 3.39. The summed E-state index contributed by atoms with van der Waals surface area (Å²) in [5.74, 6) is 2.42. The van der Waals surface area contributed by atoms with Crippen LogP contribution in [0.25, 0.3) is 0 Å². The van der Waals surface area contributed by atoms with Crippen LogP contribution >= 0.6 is 0 Å². The monoisotopic (exact) mass is 626 g/mol. The number of nitrogens with one attached hydrogen (secondary N) is 2. The number of rotatable bonds is 16. The lowest BCUT2D eigenvalue weighted by Crippen LogP contribution is -2.43. The standard InChI is InChI=1S/C33H58N10O2/c1-21(2)10-15-40-32(36)39-14-6-7-27-25-13-18-43(33(37)41-16-11-22(3)4)29(25)26-19-24(8-9-28(26)42-27)30(44)45-20-23(5)12-17-38-31(34)35/h8-9,19,21-23,25,27,29,42H,6-7,10-18,20H2,1-5H3,(H2,37,41)(H4,34,35,38)(H3,36,39,40)/t23?,25?,27-,29?/m0/s1. The fourth-order valence-corrected chi connectivity index (χ4v) is 5.93. The van der Waals surface area contributed by atoms with Crippen LogP contribution in [0.5, 0.6) is 0 Å². The number of nitrogens with two attached hydrogens (primary N) is 4. The molecule has 3 rings (SSSR count). The summed E-state index contributed by atoms with van der Waals surface area (Å²) < 4.78 is 5.68. The number of likely N-dealkylation sites (tertiary alicyclic amines) is 1. The van der Waals surface area contributed by atoms with E-state index in [4.69, 9.17) is 32.7 Å².